The molecule has 3 nitrogen and oxygen atoms in total. The van der Waals surface area contributed by atoms with Crippen LogP contribution in [0.1, 0.15) is 11.4 Å². The van der Waals surface area contributed by atoms with E-state index in [9.17, 15) is 13.2 Å². The number of nitrogens with zero attached hydrogens (tertiary/aromatic N) is 2. The molecule has 10 heteroatoms. The van der Waals surface area contributed by atoms with E-state index in [-0.39, 0.29) is 17.3 Å². The van der Waals surface area contributed by atoms with E-state index in [4.69, 9.17) is 34.8 Å². The largest absolute Gasteiger partial charge is 0.416 e. The molecule has 0 aliphatic rings. The minimum Gasteiger partial charge on any atom is -0.339 e. The molecular formula is C14H7Cl3F3N3S. The summed E-state index contributed by atoms with van der Waals surface area (Å²) in [5.41, 5.74) is -0.0233. The number of thiophene rings is 1. The predicted octanol–water partition coefficient (Wildman–Crippen LogP) is 6.28. The van der Waals surface area contributed by atoms with E-state index in [0.29, 0.717) is 10.2 Å². The number of anilines is 2. The lowest BCUT2D eigenvalue weighted by atomic mass is 10.2. The molecule has 0 aliphatic carbocycles. The summed E-state index contributed by atoms with van der Waals surface area (Å²) in [6.07, 6.45) is -4.44. The normalized spacial score (nSPS) is 12.6. The molecule has 1 aromatic carbocycles. The number of fused-ring (bicyclic) bond motifs is 1. The Morgan fingerprint density at radius 1 is 1.04 bits per heavy atom. The maximum atomic E-state index is 12.8. The van der Waals surface area contributed by atoms with Crippen LogP contribution in [0.3, 0.4) is 0 Å². The SMILES string of the molecule is FC(F)(F)c1cccc(Nc2nc(C(Cl)(Cl)Cl)nc3ccsc23)c1. The molecule has 24 heavy (non-hydrogen) atoms. The minimum absolute atomic E-state index is 0.0622. The Hall–Kier alpha value is -1.28. The average Bonchev–Trinajstić information content (AvgIpc) is 2.94. The maximum absolute atomic E-state index is 12.8. The van der Waals surface area contributed by atoms with Crippen molar-refractivity contribution >= 4 is 67.9 Å². The van der Waals surface area contributed by atoms with Crippen LogP contribution in [0.15, 0.2) is 35.7 Å². The topological polar surface area (TPSA) is 37.8 Å². The second-order valence-corrected chi connectivity index (χ2v) is 7.93. The zero-order valence-electron chi connectivity index (χ0n) is 11.5. The molecule has 126 valence electrons. The lowest BCUT2D eigenvalue weighted by Crippen LogP contribution is -2.09. The highest BCUT2D eigenvalue weighted by atomic mass is 35.6. The van der Waals surface area contributed by atoms with Gasteiger partial charge in [0.1, 0.15) is 0 Å². The molecule has 2 heterocycles. The molecule has 3 rings (SSSR count). The van der Waals surface area contributed by atoms with Crippen molar-refractivity contribution in [1.82, 2.24) is 9.97 Å². The number of aromatic nitrogens is 2. The summed E-state index contributed by atoms with van der Waals surface area (Å²) in [6, 6.07) is 6.47. The summed E-state index contributed by atoms with van der Waals surface area (Å²) in [4.78, 5) is 8.29. The molecule has 0 atom stereocenters. The Morgan fingerprint density at radius 2 is 1.79 bits per heavy atom. The zero-order chi connectivity index (χ0) is 17.5. The predicted molar refractivity (Wildman–Crippen MR) is 91.4 cm³/mol. The molecule has 0 aliphatic heterocycles. The van der Waals surface area contributed by atoms with Crippen LogP contribution in [0.4, 0.5) is 24.7 Å². The van der Waals surface area contributed by atoms with Crippen LogP contribution in [0.5, 0.6) is 0 Å². The summed E-state index contributed by atoms with van der Waals surface area (Å²) in [5.74, 6) is 0.212. The molecule has 0 unspecified atom stereocenters. The van der Waals surface area contributed by atoms with Gasteiger partial charge in [-0.15, -0.1) is 11.3 Å². The van der Waals surface area contributed by atoms with Gasteiger partial charge in [0.05, 0.1) is 15.8 Å². The van der Waals surface area contributed by atoms with Gasteiger partial charge >= 0.3 is 6.18 Å². The number of halogens is 6. The van der Waals surface area contributed by atoms with Crippen LogP contribution in [0.2, 0.25) is 0 Å². The minimum atomic E-state index is -4.44. The Bertz CT molecular complexity index is 890. The van der Waals surface area contributed by atoms with E-state index in [2.05, 4.69) is 15.3 Å². The lowest BCUT2D eigenvalue weighted by Gasteiger charge is -2.14. The van der Waals surface area contributed by atoms with E-state index in [1.807, 2.05) is 0 Å². The number of rotatable bonds is 2. The van der Waals surface area contributed by atoms with Crippen molar-refractivity contribution < 1.29 is 13.2 Å². The fraction of sp³-hybridized carbons (Fsp3) is 0.143. The summed E-state index contributed by atoms with van der Waals surface area (Å²) < 4.78 is 37.3. The quantitative estimate of drug-likeness (QED) is 0.503. The first-order valence-electron chi connectivity index (χ1n) is 6.41. The monoisotopic (exact) mass is 411 g/mol. The van der Waals surface area contributed by atoms with Gasteiger partial charge in [-0.2, -0.15) is 13.2 Å². The number of hydrogen-bond acceptors (Lipinski definition) is 4. The van der Waals surface area contributed by atoms with Gasteiger partial charge in [0, 0.05) is 5.69 Å². The van der Waals surface area contributed by atoms with Crippen LogP contribution in [-0.4, -0.2) is 9.97 Å². The highest BCUT2D eigenvalue weighted by Crippen LogP contribution is 2.39. The van der Waals surface area contributed by atoms with Crippen LogP contribution >= 0.6 is 46.1 Å². The van der Waals surface area contributed by atoms with E-state index >= 15 is 0 Å². The van der Waals surface area contributed by atoms with Gasteiger partial charge in [-0.3, -0.25) is 0 Å². The van der Waals surface area contributed by atoms with E-state index in [1.165, 1.54) is 23.5 Å². The zero-order valence-corrected chi connectivity index (χ0v) is 14.6. The standard InChI is InChI=1S/C14H7Cl3F3N3S/c15-13(16,17)12-22-9-4-5-24-10(9)11(23-12)21-8-3-1-2-7(6-8)14(18,19)20/h1-6H,(H,21,22,23). The Kier molecular flexibility index (Phi) is 4.55. The first kappa shape index (κ1) is 17.5. The van der Waals surface area contributed by atoms with Crippen molar-refractivity contribution in [3.63, 3.8) is 0 Å². The van der Waals surface area contributed by atoms with Gasteiger partial charge < -0.3 is 5.32 Å². The van der Waals surface area contributed by atoms with Crippen LogP contribution in [0, 0.1) is 0 Å². The molecule has 0 amide bonds. The lowest BCUT2D eigenvalue weighted by molar-refractivity contribution is -0.137. The molecule has 2 aromatic heterocycles. The van der Waals surface area contributed by atoms with Crippen molar-refractivity contribution in [2.45, 2.75) is 9.97 Å². The molecule has 0 bridgehead atoms. The average molecular weight is 413 g/mol. The molecule has 0 fully saturated rings. The maximum Gasteiger partial charge on any atom is 0.416 e. The van der Waals surface area contributed by atoms with Crippen molar-refractivity contribution in [2.75, 3.05) is 5.32 Å². The number of hydrogen-bond donors (Lipinski definition) is 1. The molecule has 0 radical (unpaired) electrons. The van der Waals surface area contributed by atoms with Gasteiger partial charge in [0.2, 0.25) is 3.79 Å². The second-order valence-electron chi connectivity index (χ2n) is 4.73. The van der Waals surface area contributed by atoms with Gasteiger partial charge in [0.15, 0.2) is 11.6 Å². The van der Waals surface area contributed by atoms with Crippen LogP contribution in [-0.2, 0) is 9.97 Å². The van der Waals surface area contributed by atoms with Gasteiger partial charge in [-0.25, -0.2) is 9.97 Å². The van der Waals surface area contributed by atoms with Crippen LogP contribution < -0.4 is 5.32 Å². The molecule has 0 spiro atoms. The Morgan fingerprint density at radius 3 is 2.46 bits per heavy atom. The number of benzene rings is 1. The highest BCUT2D eigenvalue weighted by Gasteiger charge is 2.31. The summed E-state index contributed by atoms with van der Waals surface area (Å²) in [5, 5.41) is 4.60. The van der Waals surface area contributed by atoms with Crippen LogP contribution in [0.25, 0.3) is 10.2 Å². The number of nitrogens with one attached hydrogen (secondary N) is 1. The molecule has 0 saturated carbocycles. The van der Waals surface area contributed by atoms with Crippen molar-refractivity contribution in [3.8, 4) is 0 Å². The summed E-state index contributed by atoms with van der Waals surface area (Å²) in [6.45, 7) is 0. The first-order valence-corrected chi connectivity index (χ1v) is 8.43. The fourth-order valence-corrected chi connectivity index (χ4v) is 3.01. The second kappa shape index (κ2) is 6.22. The van der Waals surface area contributed by atoms with Crippen molar-refractivity contribution in [1.29, 1.82) is 0 Å². The van der Waals surface area contributed by atoms with E-state index < -0.39 is 15.5 Å². The third-order valence-electron chi connectivity index (χ3n) is 3.01. The first-order chi connectivity index (χ1) is 11.1. The smallest absolute Gasteiger partial charge is 0.339 e. The summed E-state index contributed by atoms with van der Waals surface area (Å²) >= 11 is 18.8. The van der Waals surface area contributed by atoms with Crippen molar-refractivity contribution in [2.24, 2.45) is 0 Å². The molecular weight excluding hydrogens is 406 g/mol. The molecule has 3 aromatic rings. The van der Waals surface area contributed by atoms with Crippen molar-refractivity contribution in [3.05, 3.63) is 47.1 Å². The third kappa shape index (κ3) is 3.69. The van der Waals surface area contributed by atoms with E-state index in [1.54, 1.807) is 11.4 Å². The fourth-order valence-electron chi connectivity index (χ4n) is 1.98. The van der Waals surface area contributed by atoms with E-state index in [0.717, 1.165) is 12.1 Å². The van der Waals surface area contributed by atoms with Gasteiger partial charge in [-0.05, 0) is 29.6 Å². The molecule has 1 N–H and O–H groups in total. The highest BCUT2D eigenvalue weighted by molar-refractivity contribution is 7.17. The Balaban J connectivity index is 2.05. The molecule has 0 saturated heterocycles. The Labute approximate surface area is 153 Å². The van der Waals surface area contributed by atoms with Gasteiger partial charge in [0.25, 0.3) is 0 Å². The van der Waals surface area contributed by atoms with Gasteiger partial charge in [-0.1, -0.05) is 40.9 Å². The third-order valence-corrected chi connectivity index (χ3v) is 4.43. The summed E-state index contributed by atoms with van der Waals surface area (Å²) in [7, 11) is 0. The number of alkyl halides is 6.